The minimum Gasteiger partial charge on any atom is -0.310 e. The summed E-state index contributed by atoms with van der Waals surface area (Å²) in [6.07, 6.45) is 3.49. The van der Waals surface area contributed by atoms with Crippen LogP contribution in [0.3, 0.4) is 0 Å². The topological polar surface area (TPSA) is 24.9 Å². The number of nitrogens with one attached hydrogen (secondary N) is 1. The van der Waals surface area contributed by atoms with Crippen molar-refractivity contribution in [3.05, 3.63) is 52.0 Å². The van der Waals surface area contributed by atoms with Gasteiger partial charge in [-0.1, -0.05) is 38.1 Å². The van der Waals surface area contributed by atoms with Crippen molar-refractivity contribution < 1.29 is 0 Å². The molecule has 1 N–H and O–H groups in total. The highest BCUT2D eigenvalue weighted by atomic mass is 32.1. The van der Waals surface area contributed by atoms with E-state index in [1.54, 1.807) is 11.3 Å². The first-order valence-electron chi connectivity index (χ1n) is 7.37. The van der Waals surface area contributed by atoms with Gasteiger partial charge in [-0.05, 0) is 29.4 Å². The van der Waals surface area contributed by atoms with Crippen molar-refractivity contribution in [3.8, 4) is 0 Å². The lowest BCUT2D eigenvalue weighted by Gasteiger charge is -2.37. The number of thiazole rings is 1. The Bertz CT molecular complexity index is 560. The van der Waals surface area contributed by atoms with E-state index in [0.29, 0.717) is 11.5 Å². The molecule has 0 saturated carbocycles. The van der Waals surface area contributed by atoms with E-state index in [1.165, 1.54) is 29.7 Å². The van der Waals surface area contributed by atoms with Crippen LogP contribution in [0.5, 0.6) is 0 Å². The van der Waals surface area contributed by atoms with Gasteiger partial charge in [0.1, 0.15) is 0 Å². The molecule has 2 aromatic rings. The fourth-order valence-electron chi connectivity index (χ4n) is 3.16. The summed E-state index contributed by atoms with van der Waals surface area (Å²) in [5.74, 6) is 0. The van der Waals surface area contributed by atoms with Gasteiger partial charge in [-0.15, -0.1) is 11.3 Å². The minimum atomic E-state index is 0.309. The highest BCUT2D eigenvalue weighted by molar-refractivity contribution is 7.07. The van der Waals surface area contributed by atoms with Crippen molar-refractivity contribution >= 4 is 11.3 Å². The Morgan fingerprint density at radius 1 is 1.35 bits per heavy atom. The summed E-state index contributed by atoms with van der Waals surface area (Å²) in [7, 11) is 0. The third-order valence-electron chi connectivity index (χ3n) is 4.38. The molecule has 0 fully saturated rings. The van der Waals surface area contributed by atoms with E-state index in [0.717, 1.165) is 13.0 Å². The Balaban J connectivity index is 1.69. The Morgan fingerprint density at radius 3 is 3.00 bits per heavy atom. The zero-order chi connectivity index (χ0) is 14.0. The molecule has 106 valence electrons. The van der Waals surface area contributed by atoms with Crippen LogP contribution in [0.2, 0.25) is 0 Å². The quantitative estimate of drug-likeness (QED) is 0.915. The van der Waals surface area contributed by atoms with Crippen LogP contribution in [0.15, 0.2) is 35.2 Å². The smallest absolute Gasteiger partial charge is 0.0794 e. The van der Waals surface area contributed by atoms with Crippen LogP contribution in [-0.4, -0.2) is 11.5 Å². The SMILES string of the molecule is CC1(C)CCC(NCCc2cscn2)c2ccccc21. The maximum atomic E-state index is 4.34. The second kappa shape index (κ2) is 5.66. The van der Waals surface area contributed by atoms with Crippen LogP contribution < -0.4 is 5.32 Å². The average molecular weight is 286 g/mol. The normalized spacial score (nSPS) is 20.6. The molecular weight excluding hydrogens is 264 g/mol. The molecule has 1 aliphatic rings. The van der Waals surface area contributed by atoms with Gasteiger partial charge in [-0.3, -0.25) is 0 Å². The predicted octanol–water partition coefficient (Wildman–Crippen LogP) is 4.09. The fourth-order valence-corrected chi connectivity index (χ4v) is 3.75. The summed E-state index contributed by atoms with van der Waals surface area (Å²) in [5, 5.41) is 5.86. The molecule has 3 rings (SSSR count). The monoisotopic (exact) mass is 286 g/mol. The molecule has 1 atom stereocenters. The van der Waals surface area contributed by atoms with Crippen LogP contribution in [0.1, 0.15) is 49.6 Å². The predicted molar refractivity (Wildman–Crippen MR) is 85.3 cm³/mol. The number of rotatable bonds is 4. The van der Waals surface area contributed by atoms with Gasteiger partial charge in [-0.2, -0.15) is 0 Å². The summed E-state index contributed by atoms with van der Waals surface area (Å²) in [4.78, 5) is 4.34. The Morgan fingerprint density at radius 2 is 2.20 bits per heavy atom. The van der Waals surface area contributed by atoms with Gasteiger partial charge in [0.15, 0.2) is 0 Å². The molecule has 0 aliphatic heterocycles. The van der Waals surface area contributed by atoms with E-state index in [-0.39, 0.29) is 0 Å². The first-order valence-corrected chi connectivity index (χ1v) is 8.31. The minimum absolute atomic E-state index is 0.309. The fraction of sp³-hybridized carbons (Fsp3) is 0.471. The molecule has 3 heteroatoms. The van der Waals surface area contributed by atoms with Crippen molar-refractivity contribution in [2.24, 2.45) is 0 Å². The van der Waals surface area contributed by atoms with Crippen LogP contribution in [0.4, 0.5) is 0 Å². The molecule has 0 radical (unpaired) electrons. The zero-order valence-corrected chi connectivity index (χ0v) is 13.0. The molecule has 2 nitrogen and oxygen atoms in total. The standard InChI is InChI=1S/C17H22N2S/c1-17(2)9-7-16(14-5-3-4-6-15(14)17)18-10-8-13-11-20-12-19-13/h3-6,11-12,16,18H,7-10H2,1-2H3. The number of hydrogen-bond donors (Lipinski definition) is 1. The third kappa shape index (κ3) is 2.79. The van der Waals surface area contributed by atoms with Gasteiger partial charge in [0.05, 0.1) is 11.2 Å². The van der Waals surface area contributed by atoms with Gasteiger partial charge in [0, 0.05) is 24.4 Å². The van der Waals surface area contributed by atoms with Crippen molar-refractivity contribution in [2.75, 3.05) is 6.54 Å². The largest absolute Gasteiger partial charge is 0.310 e. The van der Waals surface area contributed by atoms with E-state index < -0.39 is 0 Å². The summed E-state index contributed by atoms with van der Waals surface area (Å²) in [6.45, 7) is 5.72. The lowest BCUT2D eigenvalue weighted by atomic mass is 9.71. The highest BCUT2D eigenvalue weighted by Gasteiger charge is 2.31. The molecule has 0 spiro atoms. The third-order valence-corrected chi connectivity index (χ3v) is 5.01. The average Bonchev–Trinajstić information content (AvgIpc) is 2.95. The molecule has 20 heavy (non-hydrogen) atoms. The number of nitrogens with zero attached hydrogens (tertiary/aromatic N) is 1. The summed E-state index contributed by atoms with van der Waals surface area (Å²) in [5.41, 5.74) is 6.42. The molecule has 1 aromatic heterocycles. The van der Waals surface area contributed by atoms with Crippen LogP contribution in [0, 0.1) is 0 Å². The molecule has 1 aromatic carbocycles. The van der Waals surface area contributed by atoms with E-state index >= 15 is 0 Å². The van der Waals surface area contributed by atoms with Crippen LogP contribution in [0.25, 0.3) is 0 Å². The Labute approximate surface area is 125 Å². The van der Waals surface area contributed by atoms with Crippen molar-refractivity contribution in [2.45, 2.75) is 44.6 Å². The highest BCUT2D eigenvalue weighted by Crippen LogP contribution is 2.41. The first-order chi connectivity index (χ1) is 9.67. The Hall–Kier alpha value is -1.19. The van der Waals surface area contributed by atoms with Crippen LogP contribution >= 0.6 is 11.3 Å². The van der Waals surface area contributed by atoms with E-state index in [2.05, 4.69) is 53.8 Å². The second-order valence-corrected chi connectivity index (χ2v) is 6.96. The number of fused-ring (bicyclic) bond motifs is 1. The zero-order valence-electron chi connectivity index (χ0n) is 12.2. The lowest BCUT2D eigenvalue weighted by molar-refractivity contribution is 0.359. The maximum Gasteiger partial charge on any atom is 0.0794 e. The lowest BCUT2D eigenvalue weighted by Crippen LogP contribution is -2.33. The molecule has 0 amide bonds. The number of hydrogen-bond acceptors (Lipinski definition) is 3. The molecular formula is C17H22N2S. The molecule has 0 bridgehead atoms. The first kappa shape index (κ1) is 13.8. The molecule has 1 unspecified atom stereocenters. The van der Waals surface area contributed by atoms with E-state index in [9.17, 15) is 0 Å². The second-order valence-electron chi connectivity index (χ2n) is 6.25. The Kier molecular flexibility index (Phi) is 3.90. The van der Waals surface area contributed by atoms with Crippen LogP contribution in [-0.2, 0) is 11.8 Å². The summed E-state index contributed by atoms with van der Waals surface area (Å²) < 4.78 is 0. The van der Waals surface area contributed by atoms with Gasteiger partial charge in [0.25, 0.3) is 0 Å². The summed E-state index contributed by atoms with van der Waals surface area (Å²) in [6, 6.07) is 9.41. The number of aromatic nitrogens is 1. The van der Waals surface area contributed by atoms with Crippen molar-refractivity contribution in [1.29, 1.82) is 0 Å². The summed E-state index contributed by atoms with van der Waals surface area (Å²) >= 11 is 1.68. The van der Waals surface area contributed by atoms with E-state index in [4.69, 9.17) is 0 Å². The van der Waals surface area contributed by atoms with Gasteiger partial charge in [0.2, 0.25) is 0 Å². The van der Waals surface area contributed by atoms with E-state index in [1.807, 2.05) is 5.51 Å². The van der Waals surface area contributed by atoms with Crippen molar-refractivity contribution in [1.82, 2.24) is 10.3 Å². The van der Waals surface area contributed by atoms with Gasteiger partial charge < -0.3 is 5.32 Å². The molecule has 0 saturated heterocycles. The molecule has 1 aliphatic carbocycles. The number of benzene rings is 1. The maximum absolute atomic E-state index is 4.34. The van der Waals surface area contributed by atoms with Gasteiger partial charge in [-0.25, -0.2) is 4.98 Å². The van der Waals surface area contributed by atoms with Crippen molar-refractivity contribution in [3.63, 3.8) is 0 Å². The van der Waals surface area contributed by atoms with Gasteiger partial charge >= 0.3 is 0 Å². The molecule has 1 heterocycles.